The average molecular weight is 478 g/mol. The maximum atomic E-state index is 11.4. The number of hydrogen-bond donors (Lipinski definition) is 2. The first-order valence-electron chi connectivity index (χ1n) is 8.46. The molecule has 6 nitrogen and oxygen atoms in total. The Kier molecular flexibility index (Phi) is 7.61. The largest absolute Gasteiger partial charge is 0.370 e. The van der Waals surface area contributed by atoms with Gasteiger partial charge in [0.15, 0.2) is 5.96 Å². The number of guanidine groups is 1. The van der Waals surface area contributed by atoms with Crippen molar-refractivity contribution in [3.05, 3.63) is 29.3 Å². The monoisotopic (exact) mass is 477 g/mol. The van der Waals surface area contributed by atoms with Crippen molar-refractivity contribution in [2.24, 2.45) is 10.7 Å². The third-order valence-corrected chi connectivity index (χ3v) is 4.84. The number of piperidine rings is 1. The minimum absolute atomic E-state index is 0. The van der Waals surface area contributed by atoms with Crippen molar-refractivity contribution in [1.82, 2.24) is 10.2 Å². The van der Waals surface area contributed by atoms with Crippen molar-refractivity contribution in [3.8, 4) is 0 Å². The first kappa shape index (κ1) is 20.1. The second-order valence-electron chi connectivity index (χ2n) is 6.31. The van der Waals surface area contributed by atoms with E-state index in [9.17, 15) is 4.79 Å². The predicted octanol–water partition coefficient (Wildman–Crippen LogP) is 2.06. The fourth-order valence-electron chi connectivity index (χ4n) is 3.17. The van der Waals surface area contributed by atoms with E-state index in [1.165, 1.54) is 5.69 Å². The maximum absolute atomic E-state index is 11.4. The zero-order chi connectivity index (χ0) is 16.9. The van der Waals surface area contributed by atoms with E-state index in [1.54, 1.807) is 0 Å². The van der Waals surface area contributed by atoms with Gasteiger partial charge < -0.3 is 20.9 Å². The van der Waals surface area contributed by atoms with Crippen molar-refractivity contribution in [1.29, 1.82) is 0 Å². The molecule has 0 saturated carbocycles. The average Bonchev–Trinajstić information content (AvgIpc) is 2.61. The van der Waals surface area contributed by atoms with Crippen molar-refractivity contribution < 1.29 is 4.79 Å². The molecule has 0 bridgehead atoms. The van der Waals surface area contributed by atoms with Crippen LogP contribution in [0.2, 0.25) is 5.02 Å². The van der Waals surface area contributed by atoms with Crippen LogP contribution in [0.25, 0.3) is 0 Å². The van der Waals surface area contributed by atoms with Crippen LogP contribution in [0.3, 0.4) is 0 Å². The van der Waals surface area contributed by atoms with Gasteiger partial charge in [0, 0.05) is 49.4 Å². The van der Waals surface area contributed by atoms with Crippen molar-refractivity contribution in [3.63, 3.8) is 0 Å². The number of halogens is 2. The van der Waals surface area contributed by atoms with E-state index in [2.05, 4.69) is 20.1 Å². The van der Waals surface area contributed by atoms with Crippen LogP contribution in [-0.2, 0) is 4.79 Å². The molecular formula is C17H25ClIN5O. The maximum Gasteiger partial charge on any atom is 0.220 e. The Morgan fingerprint density at radius 2 is 1.92 bits per heavy atom. The van der Waals surface area contributed by atoms with Crippen LogP contribution < -0.4 is 16.0 Å². The van der Waals surface area contributed by atoms with E-state index in [4.69, 9.17) is 17.3 Å². The quantitative estimate of drug-likeness (QED) is 0.397. The number of benzene rings is 1. The number of anilines is 1. The number of carbonyl (C=O) groups excluding carboxylic acids is 1. The first-order chi connectivity index (χ1) is 11.6. The predicted molar refractivity (Wildman–Crippen MR) is 113 cm³/mol. The van der Waals surface area contributed by atoms with Crippen LogP contribution in [0.1, 0.15) is 19.3 Å². The van der Waals surface area contributed by atoms with Crippen LogP contribution in [0, 0.1) is 0 Å². The Hall–Kier alpha value is -1.22. The Morgan fingerprint density at radius 1 is 1.24 bits per heavy atom. The van der Waals surface area contributed by atoms with E-state index >= 15 is 0 Å². The van der Waals surface area contributed by atoms with E-state index in [1.807, 2.05) is 24.3 Å². The summed E-state index contributed by atoms with van der Waals surface area (Å²) in [6, 6.07) is 8.04. The van der Waals surface area contributed by atoms with Crippen molar-refractivity contribution in [2.75, 3.05) is 37.6 Å². The molecular weight excluding hydrogens is 453 g/mol. The van der Waals surface area contributed by atoms with Gasteiger partial charge in [-0.3, -0.25) is 9.79 Å². The summed E-state index contributed by atoms with van der Waals surface area (Å²) in [5, 5.41) is 3.72. The third-order valence-electron chi connectivity index (χ3n) is 4.59. The molecule has 0 aliphatic carbocycles. The highest BCUT2D eigenvalue weighted by molar-refractivity contribution is 14.0. The fraction of sp³-hybridized carbons (Fsp3) is 0.529. The van der Waals surface area contributed by atoms with Gasteiger partial charge in [-0.15, -0.1) is 24.0 Å². The number of nitrogens with one attached hydrogen (secondary N) is 1. The summed E-state index contributed by atoms with van der Waals surface area (Å²) in [5.74, 6) is 0.696. The number of rotatable bonds is 3. The fourth-order valence-corrected chi connectivity index (χ4v) is 3.29. The standard InChI is InChI=1S/C17H24ClN5O.HI/c18-13-4-6-15(7-5-13)22-8-10-23(11-9-22)17(19)20-12-14-2-1-3-16(24)21-14;/h4-7,14H,1-3,8-12H2,(H2,19,20)(H,21,24);1H. The Bertz CT molecular complexity index is 602. The highest BCUT2D eigenvalue weighted by Gasteiger charge is 2.20. The molecule has 8 heteroatoms. The van der Waals surface area contributed by atoms with Gasteiger partial charge >= 0.3 is 0 Å². The van der Waals surface area contributed by atoms with Gasteiger partial charge in [-0.2, -0.15) is 0 Å². The zero-order valence-corrected chi connectivity index (χ0v) is 17.2. The molecule has 1 amide bonds. The van der Waals surface area contributed by atoms with Crippen LogP contribution in [0.4, 0.5) is 5.69 Å². The summed E-state index contributed by atoms with van der Waals surface area (Å²) < 4.78 is 0. The number of amides is 1. The first-order valence-corrected chi connectivity index (χ1v) is 8.84. The molecule has 0 spiro atoms. The second-order valence-corrected chi connectivity index (χ2v) is 6.74. The molecule has 3 N–H and O–H groups in total. The highest BCUT2D eigenvalue weighted by atomic mass is 127. The summed E-state index contributed by atoms with van der Waals surface area (Å²) in [6.07, 6.45) is 2.54. The van der Waals surface area contributed by atoms with Gasteiger partial charge in [0.05, 0.1) is 6.54 Å². The molecule has 2 heterocycles. The van der Waals surface area contributed by atoms with Crippen molar-refractivity contribution >= 4 is 53.1 Å². The lowest BCUT2D eigenvalue weighted by molar-refractivity contribution is -0.123. The van der Waals surface area contributed by atoms with E-state index < -0.39 is 0 Å². The third kappa shape index (κ3) is 5.64. The Balaban J connectivity index is 0.00000225. The van der Waals surface area contributed by atoms with Crippen LogP contribution in [0.15, 0.2) is 29.3 Å². The molecule has 1 aromatic rings. The molecule has 0 aromatic heterocycles. The lowest BCUT2D eigenvalue weighted by Gasteiger charge is -2.36. The summed E-state index contributed by atoms with van der Waals surface area (Å²) in [7, 11) is 0. The van der Waals surface area contributed by atoms with Gasteiger partial charge in [-0.25, -0.2) is 0 Å². The minimum Gasteiger partial charge on any atom is -0.370 e. The van der Waals surface area contributed by atoms with E-state index in [-0.39, 0.29) is 35.9 Å². The summed E-state index contributed by atoms with van der Waals surface area (Å²) >= 11 is 5.94. The molecule has 1 atom stereocenters. The van der Waals surface area contributed by atoms with Gasteiger partial charge in [-0.05, 0) is 37.1 Å². The van der Waals surface area contributed by atoms with Gasteiger partial charge in [-0.1, -0.05) is 11.6 Å². The van der Waals surface area contributed by atoms with Crippen LogP contribution in [0.5, 0.6) is 0 Å². The summed E-state index contributed by atoms with van der Waals surface area (Å²) in [4.78, 5) is 20.3. The van der Waals surface area contributed by atoms with Gasteiger partial charge in [0.1, 0.15) is 0 Å². The molecule has 2 saturated heterocycles. The highest BCUT2D eigenvalue weighted by Crippen LogP contribution is 2.19. The van der Waals surface area contributed by atoms with E-state index in [0.29, 0.717) is 18.9 Å². The van der Waals surface area contributed by atoms with Crippen LogP contribution >= 0.6 is 35.6 Å². The topological polar surface area (TPSA) is 74.0 Å². The van der Waals surface area contributed by atoms with Crippen LogP contribution in [-0.4, -0.2) is 55.5 Å². The molecule has 25 heavy (non-hydrogen) atoms. The molecule has 138 valence electrons. The van der Waals surface area contributed by atoms with E-state index in [0.717, 1.165) is 44.0 Å². The lowest BCUT2D eigenvalue weighted by Crippen LogP contribution is -2.51. The number of piperazine rings is 1. The summed E-state index contributed by atoms with van der Waals surface area (Å²) in [6.45, 7) is 4.05. The number of nitrogens with two attached hydrogens (primary N) is 1. The number of nitrogens with zero attached hydrogens (tertiary/aromatic N) is 3. The smallest absolute Gasteiger partial charge is 0.220 e. The molecule has 1 unspecified atom stereocenters. The molecule has 2 fully saturated rings. The second kappa shape index (κ2) is 9.47. The van der Waals surface area contributed by atoms with Crippen molar-refractivity contribution in [2.45, 2.75) is 25.3 Å². The molecule has 3 rings (SSSR count). The Labute approximate surface area is 170 Å². The summed E-state index contributed by atoms with van der Waals surface area (Å²) in [5.41, 5.74) is 7.31. The molecule has 2 aliphatic rings. The number of hydrogen-bond acceptors (Lipinski definition) is 3. The molecule has 2 aliphatic heterocycles. The minimum atomic E-state index is 0. The number of carbonyl (C=O) groups is 1. The SMILES string of the molecule is I.NC(=NCC1CCCC(=O)N1)N1CCN(c2ccc(Cl)cc2)CC1. The lowest BCUT2D eigenvalue weighted by atomic mass is 10.0. The van der Waals surface area contributed by atoms with Gasteiger partial charge in [0.25, 0.3) is 0 Å². The zero-order valence-electron chi connectivity index (χ0n) is 14.2. The molecule has 0 radical (unpaired) electrons. The number of aliphatic imine (C=N–C) groups is 1. The normalized spacial score (nSPS) is 21.6. The Morgan fingerprint density at radius 3 is 2.56 bits per heavy atom. The molecule has 1 aromatic carbocycles. The van der Waals surface area contributed by atoms with Gasteiger partial charge in [0.2, 0.25) is 5.91 Å².